The number of hydrogen-bond acceptors (Lipinski definition) is 6. The summed E-state index contributed by atoms with van der Waals surface area (Å²) in [6.45, 7) is 0.298. The number of rotatable bonds is 6. The van der Waals surface area contributed by atoms with Crippen molar-refractivity contribution in [3.05, 3.63) is 42.0 Å². The van der Waals surface area contributed by atoms with Crippen LogP contribution in [0.25, 0.3) is 22.2 Å². The Bertz CT molecular complexity index is 844. The van der Waals surface area contributed by atoms with Crippen molar-refractivity contribution in [2.75, 3.05) is 13.7 Å². The van der Waals surface area contributed by atoms with Crippen LogP contribution in [0.4, 0.5) is 0 Å². The summed E-state index contributed by atoms with van der Waals surface area (Å²) < 4.78 is 10.1. The second kappa shape index (κ2) is 6.45. The third-order valence-corrected chi connectivity index (χ3v) is 3.34. The molecule has 0 amide bonds. The summed E-state index contributed by atoms with van der Waals surface area (Å²) in [5, 5.41) is 19.5. The smallest absolute Gasteiger partial charge is 0.341 e. The molecule has 0 saturated heterocycles. The van der Waals surface area contributed by atoms with Gasteiger partial charge in [-0.3, -0.25) is 0 Å². The number of ether oxygens (including phenoxy) is 1. The molecule has 118 valence electrons. The van der Waals surface area contributed by atoms with Crippen LogP contribution >= 0.6 is 0 Å². The quantitative estimate of drug-likeness (QED) is 0.719. The summed E-state index contributed by atoms with van der Waals surface area (Å²) in [6, 6.07) is 11.1. The maximum Gasteiger partial charge on any atom is 0.341 e. The zero-order valence-corrected chi connectivity index (χ0v) is 12.4. The van der Waals surface area contributed by atoms with E-state index in [4.69, 9.17) is 14.5 Å². The molecule has 23 heavy (non-hydrogen) atoms. The van der Waals surface area contributed by atoms with E-state index in [-0.39, 0.29) is 0 Å². The van der Waals surface area contributed by atoms with Gasteiger partial charge in [0.2, 0.25) is 0 Å². The molecule has 0 aliphatic heterocycles. The highest BCUT2D eigenvalue weighted by Gasteiger charge is 2.11. The lowest BCUT2D eigenvalue weighted by Gasteiger charge is -2.12. The standard InChI is InChI=1S/C16H15N3O4/c1-17-8-10-2-5-15(22-9-16(20)21)12(6-10)11-3-4-13-14(7-11)19-23-18-13/h2-7,17H,8-9H2,1H3,(H,20,21). The Morgan fingerprint density at radius 3 is 2.83 bits per heavy atom. The van der Waals surface area contributed by atoms with Crippen molar-refractivity contribution in [3.8, 4) is 16.9 Å². The van der Waals surface area contributed by atoms with E-state index in [2.05, 4.69) is 15.6 Å². The van der Waals surface area contributed by atoms with Gasteiger partial charge in [0.05, 0.1) is 0 Å². The third-order valence-electron chi connectivity index (χ3n) is 3.34. The average molecular weight is 313 g/mol. The van der Waals surface area contributed by atoms with E-state index < -0.39 is 12.6 Å². The topological polar surface area (TPSA) is 97.5 Å². The van der Waals surface area contributed by atoms with Crippen molar-refractivity contribution in [3.63, 3.8) is 0 Å². The highest BCUT2D eigenvalue weighted by atomic mass is 16.6. The molecular weight excluding hydrogens is 298 g/mol. The molecule has 0 spiro atoms. The van der Waals surface area contributed by atoms with E-state index >= 15 is 0 Å². The first-order valence-corrected chi connectivity index (χ1v) is 7.02. The molecule has 0 atom stereocenters. The summed E-state index contributed by atoms with van der Waals surface area (Å²) in [7, 11) is 1.86. The summed E-state index contributed by atoms with van der Waals surface area (Å²) in [5.74, 6) is -0.519. The number of aliphatic carboxylic acids is 1. The van der Waals surface area contributed by atoms with Crippen molar-refractivity contribution in [2.24, 2.45) is 0 Å². The Kier molecular flexibility index (Phi) is 4.20. The van der Waals surface area contributed by atoms with Crippen LogP contribution in [0.2, 0.25) is 0 Å². The molecule has 0 saturated carbocycles. The number of nitrogens with one attached hydrogen (secondary N) is 1. The SMILES string of the molecule is CNCc1ccc(OCC(=O)O)c(-c2ccc3nonc3c2)c1. The molecule has 7 heteroatoms. The van der Waals surface area contributed by atoms with Crippen molar-refractivity contribution in [1.29, 1.82) is 0 Å². The van der Waals surface area contributed by atoms with Crippen molar-refractivity contribution in [1.82, 2.24) is 15.6 Å². The van der Waals surface area contributed by atoms with E-state index in [9.17, 15) is 4.79 Å². The van der Waals surface area contributed by atoms with Gasteiger partial charge >= 0.3 is 5.97 Å². The zero-order valence-electron chi connectivity index (χ0n) is 12.4. The molecule has 7 nitrogen and oxygen atoms in total. The van der Waals surface area contributed by atoms with Gasteiger partial charge in [-0.1, -0.05) is 12.1 Å². The molecule has 1 heterocycles. The van der Waals surface area contributed by atoms with Gasteiger partial charge in [-0.2, -0.15) is 0 Å². The van der Waals surface area contributed by atoms with E-state index in [1.807, 2.05) is 31.3 Å². The highest BCUT2D eigenvalue weighted by Crippen LogP contribution is 2.32. The van der Waals surface area contributed by atoms with Crippen LogP contribution in [0.15, 0.2) is 41.0 Å². The van der Waals surface area contributed by atoms with Gasteiger partial charge < -0.3 is 15.2 Å². The molecule has 3 rings (SSSR count). The second-order valence-electron chi connectivity index (χ2n) is 5.01. The number of carboxylic acids is 1. The number of benzene rings is 2. The van der Waals surface area contributed by atoms with E-state index in [0.29, 0.717) is 23.3 Å². The van der Waals surface area contributed by atoms with Crippen LogP contribution in [0.3, 0.4) is 0 Å². The number of aromatic nitrogens is 2. The number of carbonyl (C=O) groups is 1. The van der Waals surface area contributed by atoms with E-state index in [0.717, 1.165) is 16.7 Å². The fourth-order valence-electron chi connectivity index (χ4n) is 2.33. The Morgan fingerprint density at radius 2 is 2.04 bits per heavy atom. The van der Waals surface area contributed by atoms with Gasteiger partial charge in [0.25, 0.3) is 0 Å². The molecule has 0 aliphatic carbocycles. The normalized spacial score (nSPS) is 10.8. The third kappa shape index (κ3) is 3.29. The predicted molar refractivity (Wildman–Crippen MR) is 83.1 cm³/mol. The second-order valence-corrected chi connectivity index (χ2v) is 5.01. The molecule has 0 unspecified atom stereocenters. The molecule has 0 radical (unpaired) electrons. The maximum absolute atomic E-state index is 10.8. The first-order chi connectivity index (χ1) is 11.2. The van der Waals surface area contributed by atoms with Crippen LogP contribution in [-0.4, -0.2) is 35.0 Å². The lowest BCUT2D eigenvalue weighted by molar-refractivity contribution is -0.139. The minimum absolute atomic E-state index is 0.397. The predicted octanol–water partition coefficient (Wildman–Crippen LogP) is 2.07. The fourth-order valence-corrected chi connectivity index (χ4v) is 2.33. The summed E-state index contributed by atoms with van der Waals surface area (Å²) in [4.78, 5) is 10.8. The largest absolute Gasteiger partial charge is 0.481 e. The van der Waals surface area contributed by atoms with Gasteiger partial charge in [-0.05, 0) is 52.8 Å². The van der Waals surface area contributed by atoms with Gasteiger partial charge in [-0.25, -0.2) is 9.42 Å². The molecule has 0 bridgehead atoms. The van der Waals surface area contributed by atoms with Crippen LogP contribution in [0, 0.1) is 0 Å². The molecule has 3 aromatic rings. The Balaban J connectivity index is 2.04. The van der Waals surface area contributed by atoms with E-state index in [1.165, 1.54) is 0 Å². The van der Waals surface area contributed by atoms with Crippen LogP contribution in [0.5, 0.6) is 5.75 Å². The number of fused-ring (bicyclic) bond motifs is 1. The Labute approximate surface area is 131 Å². The first-order valence-electron chi connectivity index (χ1n) is 7.02. The minimum Gasteiger partial charge on any atom is -0.481 e. The number of carboxylic acid groups (broad SMARTS) is 1. The number of nitrogens with zero attached hydrogens (tertiary/aromatic N) is 2. The van der Waals surface area contributed by atoms with Gasteiger partial charge in [-0.15, -0.1) is 0 Å². The van der Waals surface area contributed by atoms with Gasteiger partial charge in [0.1, 0.15) is 16.8 Å². The van der Waals surface area contributed by atoms with Crippen LogP contribution in [0.1, 0.15) is 5.56 Å². The minimum atomic E-state index is -1.02. The van der Waals surface area contributed by atoms with Crippen molar-refractivity contribution in [2.45, 2.75) is 6.54 Å². The van der Waals surface area contributed by atoms with Crippen molar-refractivity contribution >= 4 is 17.0 Å². The lowest BCUT2D eigenvalue weighted by atomic mass is 10.0. The molecule has 2 N–H and O–H groups in total. The van der Waals surface area contributed by atoms with Crippen LogP contribution in [-0.2, 0) is 11.3 Å². The van der Waals surface area contributed by atoms with E-state index in [1.54, 1.807) is 12.1 Å². The molecule has 0 aliphatic rings. The van der Waals surface area contributed by atoms with Gasteiger partial charge in [0.15, 0.2) is 6.61 Å². The van der Waals surface area contributed by atoms with Crippen LogP contribution < -0.4 is 10.1 Å². The highest BCUT2D eigenvalue weighted by molar-refractivity contribution is 5.83. The summed E-state index contributed by atoms with van der Waals surface area (Å²) in [6.07, 6.45) is 0. The summed E-state index contributed by atoms with van der Waals surface area (Å²) in [5.41, 5.74) is 4.00. The average Bonchev–Trinajstić information content (AvgIpc) is 3.01. The lowest BCUT2D eigenvalue weighted by Crippen LogP contribution is -2.10. The fraction of sp³-hybridized carbons (Fsp3) is 0.188. The maximum atomic E-state index is 10.8. The van der Waals surface area contributed by atoms with Gasteiger partial charge in [0, 0.05) is 12.1 Å². The molecular formula is C16H15N3O4. The monoisotopic (exact) mass is 313 g/mol. The number of hydrogen-bond donors (Lipinski definition) is 2. The molecule has 2 aromatic carbocycles. The first kappa shape index (κ1) is 15.0. The zero-order chi connectivity index (χ0) is 16.2. The Morgan fingerprint density at radius 1 is 1.22 bits per heavy atom. The van der Waals surface area contributed by atoms with Crippen molar-refractivity contribution < 1.29 is 19.3 Å². The molecule has 1 aromatic heterocycles. The Hall–Kier alpha value is -2.93. The summed E-state index contributed by atoms with van der Waals surface area (Å²) >= 11 is 0. The molecule has 0 fully saturated rings.